The molecule has 0 spiro atoms. The second kappa shape index (κ2) is 8.37. The van der Waals surface area contributed by atoms with Gasteiger partial charge in [0, 0.05) is 41.4 Å². The zero-order valence-corrected chi connectivity index (χ0v) is 18.3. The highest BCUT2D eigenvalue weighted by Crippen LogP contribution is 2.33. The maximum absolute atomic E-state index is 13.3. The normalized spacial score (nSPS) is 19.8. The minimum absolute atomic E-state index is 0.0462. The molecule has 6 nitrogen and oxygen atoms in total. The fourth-order valence-corrected chi connectivity index (χ4v) is 5.07. The summed E-state index contributed by atoms with van der Waals surface area (Å²) in [6, 6.07) is 22.4. The van der Waals surface area contributed by atoms with E-state index in [1.165, 1.54) is 11.1 Å². The molecule has 1 saturated heterocycles. The Bertz CT molecular complexity index is 1310. The first-order valence-electron chi connectivity index (χ1n) is 11.6. The molecular weight excluding hydrogens is 412 g/mol. The highest BCUT2D eigenvalue weighted by atomic mass is 16.5. The van der Waals surface area contributed by atoms with Crippen molar-refractivity contribution >= 4 is 16.8 Å². The first-order valence-corrected chi connectivity index (χ1v) is 11.6. The fraction of sp³-hybridized carbons (Fsp3) is 0.259. The molecule has 1 aromatic heterocycles. The second-order valence-corrected chi connectivity index (χ2v) is 8.84. The Morgan fingerprint density at radius 3 is 2.88 bits per heavy atom. The predicted molar refractivity (Wildman–Crippen MR) is 129 cm³/mol. The quantitative estimate of drug-likeness (QED) is 0.449. The Balaban J connectivity index is 1.28. The number of nitrogens with zero attached hydrogens (tertiary/aromatic N) is 1. The van der Waals surface area contributed by atoms with Crippen molar-refractivity contribution in [3.05, 3.63) is 83.4 Å². The number of benzene rings is 3. The molecule has 6 rings (SSSR count). The second-order valence-electron chi connectivity index (χ2n) is 8.84. The van der Waals surface area contributed by atoms with E-state index in [9.17, 15) is 4.79 Å². The lowest BCUT2D eigenvalue weighted by Gasteiger charge is -2.33. The van der Waals surface area contributed by atoms with Gasteiger partial charge in [-0.1, -0.05) is 30.3 Å². The molecule has 166 valence electrons. The summed E-state index contributed by atoms with van der Waals surface area (Å²) < 4.78 is 5.64. The van der Waals surface area contributed by atoms with Gasteiger partial charge in [0.05, 0.1) is 17.8 Å². The average molecular weight is 439 g/mol. The number of rotatable bonds is 4. The van der Waals surface area contributed by atoms with Gasteiger partial charge in [-0.3, -0.25) is 9.89 Å². The number of ether oxygens (including phenoxy) is 1. The van der Waals surface area contributed by atoms with Gasteiger partial charge >= 0.3 is 0 Å². The first-order chi connectivity index (χ1) is 16.3. The van der Waals surface area contributed by atoms with Gasteiger partial charge in [-0.25, -0.2) is 0 Å². The van der Waals surface area contributed by atoms with Crippen LogP contribution in [0.25, 0.3) is 22.2 Å². The number of aromatic amines is 1. The van der Waals surface area contributed by atoms with Crippen molar-refractivity contribution in [2.75, 3.05) is 19.7 Å². The Labute approximate surface area is 192 Å². The van der Waals surface area contributed by atoms with Crippen molar-refractivity contribution < 1.29 is 9.53 Å². The van der Waals surface area contributed by atoms with Gasteiger partial charge in [0.1, 0.15) is 5.75 Å². The molecule has 2 aliphatic rings. The average Bonchev–Trinajstić information content (AvgIpc) is 3.51. The summed E-state index contributed by atoms with van der Waals surface area (Å²) in [5.74, 6) is 1.20. The molecule has 0 saturated carbocycles. The van der Waals surface area contributed by atoms with Crippen LogP contribution in [0, 0.1) is 0 Å². The maximum Gasteiger partial charge on any atom is 0.251 e. The number of amides is 1. The molecule has 1 fully saturated rings. The van der Waals surface area contributed by atoms with Crippen LogP contribution in [0.1, 0.15) is 33.8 Å². The van der Waals surface area contributed by atoms with Crippen molar-refractivity contribution in [1.29, 1.82) is 0 Å². The third kappa shape index (κ3) is 3.76. The molecule has 6 heteroatoms. The Hall–Kier alpha value is -3.64. The van der Waals surface area contributed by atoms with E-state index in [1.807, 2.05) is 36.4 Å². The van der Waals surface area contributed by atoms with E-state index in [2.05, 4.69) is 51.2 Å². The van der Waals surface area contributed by atoms with E-state index in [1.54, 1.807) is 0 Å². The zero-order valence-electron chi connectivity index (χ0n) is 18.3. The van der Waals surface area contributed by atoms with Gasteiger partial charge in [-0.15, -0.1) is 0 Å². The van der Waals surface area contributed by atoms with Crippen LogP contribution in [0.15, 0.2) is 66.7 Å². The summed E-state index contributed by atoms with van der Waals surface area (Å²) in [6.07, 6.45) is 1.92. The van der Waals surface area contributed by atoms with Crippen LogP contribution in [0.4, 0.5) is 0 Å². The van der Waals surface area contributed by atoms with Gasteiger partial charge in [-0.2, -0.15) is 5.10 Å². The Kier molecular flexibility index (Phi) is 5.07. The van der Waals surface area contributed by atoms with Crippen LogP contribution >= 0.6 is 0 Å². The third-order valence-corrected chi connectivity index (χ3v) is 6.81. The smallest absolute Gasteiger partial charge is 0.251 e. The largest absolute Gasteiger partial charge is 0.493 e. The number of carbonyl (C=O) groups is 1. The number of hydrogen-bond acceptors (Lipinski definition) is 4. The molecule has 0 unspecified atom stereocenters. The van der Waals surface area contributed by atoms with Crippen LogP contribution < -0.4 is 15.4 Å². The number of nitrogens with one attached hydrogen (secondary N) is 3. The number of fused-ring (bicyclic) bond motifs is 2. The standard InChI is InChI=1S/C27H26N4O2/c32-27(29-24-16-28-12-10-21(24)17-4-2-1-3-5-17)20-6-8-23-22(15-20)26(31-30-23)19-7-9-25-18(14-19)11-13-33-25/h1-9,14-15,21,24,28H,10-13,16H2,(H,29,32)(H,30,31)/t21-,24+/m0/s1. The van der Waals surface area contributed by atoms with Crippen LogP contribution in [0.5, 0.6) is 5.75 Å². The van der Waals surface area contributed by atoms with Crippen LogP contribution in [-0.4, -0.2) is 41.8 Å². The lowest BCUT2D eigenvalue weighted by Crippen LogP contribution is -2.50. The van der Waals surface area contributed by atoms with E-state index in [-0.39, 0.29) is 11.9 Å². The number of H-pyrrole nitrogens is 1. The van der Waals surface area contributed by atoms with Gasteiger partial charge in [0.25, 0.3) is 5.91 Å². The summed E-state index contributed by atoms with van der Waals surface area (Å²) in [5, 5.41) is 15.3. The Morgan fingerprint density at radius 2 is 1.97 bits per heavy atom. The molecule has 0 aliphatic carbocycles. The topological polar surface area (TPSA) is 79.0 Å². The molecule has 0 bridgehead atoms. The summed E-state index contributed by atoms with van der Waals surface area (Å²) >= 11 is 0. The summed E-state index contributed by atoms with van der Waals surface area (Å²) in [5.41, 5.74) is 5.93. The lowest BCUT2D eigenvalue weighted by atomic mass is 9.86. The van der Waals surface area contributed by atoms with Crippen LogP contribution in [0.3, 0.4) is 0 Å². The van der Waals surface area contributed by atoms with E-state index in [4.69, 9.17) is 4.74 Å². The van der Waals surface area contributed by atoms with Crippen LogP contribution in [-0.2, 0) is 6.42 Å². The van der Waals surface area contributed by atoms with Crippen molar-refractivity contribution in [2.45, 2.75) is 24.8 Å². The molecule has 2 atom stereocenters. The van der Waals surface area contributed by atoms with Gasteiger partial charge in [0.15, 0.2) is 0 Å². The van der Waals surface area contributed by atoms with Crippen molar-refractivity contribution in [1.82, 2.24) is 20.8 Å². The summed E-state index contributed by atoms with van der Waals surface area (Å²) in [6.45, 7) is 2.45. The van der Waals surface area contributed by atoms with E-state index in [0.29, 0.717) is 11.5 Å². The van der Waals surface area contributed by atoms with Crippen molar-refractivity contribution in [3.8, 4) is 17.0 Å². The maximum atomic E-state index is 13.3. The molecule has 33 heavy (non-hydrogen) atoms. The molecule has 3 heterocycles. The third-order valence-electron chi connectivity index (χ3n) is 6.81. The SMILES string of the molecule is O=C(N[C@@H]1CNCC[C@H]1c1ccccc1)c1ccc2[nH]nc(-c3ccc4c(c3)CCO4)c2c1. The monoisotopic (exact) mass is 438 g/mol. The number of hydrogen-bond donors (Lipinski definition) is 3. The molecule has 1 amide bonds. The van der Waals surface area contributed by atoms with Gasteiger partial charge in [0.2, 0.25) is 0 Å². The fourth-order valence-electron chi connectivity index (χ4n) is 5.07. The Morgan fingerprint density at radius 1 is 1.06 bits per heavy atom. The minimum atomic E-state index is -0.0546. The molecule has 3 N–H and O–H groups in total. The number of carbonyl (C=O) groups excluding carboxylic acids is 1. The molecule has 3 aromatic carbocycles. The van der Waals surface area contributed by atoms with E-state index in [0.717, 1.165) is 60.4 Å². The number of aromatic nitrogens is 2. The summed E-state index contributed by atoms with van der Waals surface area (Å²) in [4.78, 5) is 13.3. The zero-order chi connectivity index (χ0) is 22.2. The minimum Gasteiger partial charge on any atom is -0.493 e. The molecular formula is C27H26N4O2. The van der Waals surface area contributed by atoms with E-state index >= 15 is 0 Å². The number of piperidine rings is 1. The lowest BCUT2D eigenvalue weighted by molar-refractivity contribution is 0.0924. The molecule has 4 aromatic rings. The van der Waals surface area contributed by atoms with Gasteiger partial charge < -0.3 is 15.4 Å². The first kappa shape index (κ1) is 20.0. The predicted octanol–water partition coefficient (Wildman–Crippen LogP) is 4.04. The van der Waals surface area contributed by atoms with Gasteiger partial charge in [-0.05, 0) is 60.5 Å². The summed E-state index contributed by atoms with van der Waals surface area (Å²) in [7, 11) is 0. The van der Waals surface area contributed by atoms with E-state index < -0.39 is 0 Å². The van der Waals surface area contributed by atoms with Crippen LogP contribution in [0.2, 0.25) is 0 Å². The van der Waals surface area contributed by atoms with Crippen molar-refractivity contribution in [3.63, 3.8) is 0 Å². The molecule has 0 radical (unpaired) electrons. The highest BCUT2D eigenvalue weighted by molar-refractivity contribution is 6.01. The van der Waals surface area contributed by atoms with Crippen molar-refractivity contribution in [2.24, 2.45) is 0 Å². The highest BCUT2D eigenvalue weighted by Gasteiger charge is 2.28. The molecule has 2 aliphatic heterocycles.